The minimum Gasteiger partial charge on any atom is -0.378 e. The maximum absolute atomic E-state index is 13.8. The van der Waals surface area contributed by atoms with E-state index in [1.165, 1.54) is 5.56 Å². The molecular weight excluding hydrogens is 334 g/mol. The quantitative estimate of drug-likeness (QED) is 0.841. The van der Waals surface area contributed by atoms with Crippen LogP contribution in [0.15, 0.2) is 48.5 Å². The van der Waals surface area contributed by atoms with E-state index in [1.54, 1.807) is 0 Å². The minimum absolute atomic E-state index is 0.0531. The summed E-state index contributed by atoms with van der Waals surface area (Å²) in [5.41, 5.74) is 2.78. The molecule has 0 aromatic heterocycles. The molecular formula is C21H18F2N2O. The maximum atomic E-state index is 13.8. The average Bonchev–Trinajstić information content (AvgIpc) is 2.64. The molecule has 0 radical (unpaired) electrons. The predicted molar refractivity (Wildman–Crippen MR) is 94.0 cm³/mol. The van der Waals surface area contributed by atoms with Crippen LogP contribution in [-0.2, 0) is 11.3 Å². The lowest BCUT2D eigenvalue weighted by molar-refractivity contribution is -0.0402. The van der Waals surface area contributed by atoms with E-state index in [2.05, 4.69) is 17.0 Å². The maximum Gasteiger partial charge on any atom is 0.160 e. The number of fused-ring (bicyclic) bond motifs is 2. The van der Waals surface area contributed by atoms with Crippen molar-refractivity contribution in [3.8, 4) is 6.07 Å². The van der Waals surface area contributed by atoms with E-state index >= 15 is 0 Å². The molecule has 5 heteroatoms. The number of rotatable bonds is 3. The van der Waals surface area contributed by atoms with E-state index in [1.807, 2.05) is 30.3 Å². The highest BCUT2D eigenvalue weighted by Crippen LogP contribution is 2.35. The molecule has 2 aromatic carbocycles. The molecule has 2 heterocycles. The summed E-state index contributed by atoms with van der Waals surface area (Å²) in [4.78, 5) is 2.38. The van der Waals surface area contributed by atoms with E-state index < -0.39 is 11.6 Å². The molecule has 2 aromatic rings. The smallest absolute Gasteiger partial charge is 0.160 e. The van der Waals surface area contributed by atoms with Gasteiger partial charge in [-0.15, -0.1) is 0 Å². The van der Waals surface area contributed by atoms with Crippen molar-refractivity contribution in [1.82, 2.24) is 4.90 Å². The lowest BCUT2D eigenvalue weighted by Gasteiger charge is -2.45. The SMILES string of the molecule is N#Cc1cc(F)c(F)cc1C1=CC2COCC(C1)N2Cc1ccccc1. The zero-order valence-corrected chi connectivity index (χ0v) is 14.2. The Bertz CT molecular complexity index is 889. The van der Waals surface area contributed by atoms with Gasteiger partial charge in [-0.3, -0.25) is 4.90 Å². The Hall–Kier alpha value is -2.55. The van der Waals surface area contributed by atoms with Gasteiger partial charge in [0.25, 0.3) is 0 Å². The Morgan fingerprint density at radius 2 is 1.88 bits per heavy atom. The van der Waals surface area contributed by atoms with Gasteiger partial charge in [0.15, 0.2) is 11.6 Å². The van der Waals surface area contributed by atoms with Crippen LogP contribution >= 0.6 is 0 Å². The van der Waals surface area contributed by atoms with Crippen LogP contribution in [0, 0.1) is 23.0 Å². The van der Waals surface area contributed by atoms with Crippen molar-refractivity contribution >= 4 is 5.57 Å². The number of ether oxygens (including phenoxy) is 1. The van der Waals surface area contributed by atoms with Crippen molar-refractivity contribution < 1.29 is 13.5 Å². The Balaban J connectivity index is 1.67. The molecule has 2 bridgehead atoms. The summed E-state index contributed by atoms with van der Waals surface area (Å²) in [7, 11) is 0. The van der Waals surface area contributed by atoms with Crippen molar-refractivity contribution in [2.75, 3.05) is 13.2 Å². The topological polar surface area (TPSA) is 36.3 Å². The molecule has 3 nitrogen and oxygen atoms in total. The largest absolute Gasteiger partial charge is 0.378 e. The van der Waals surface area contributed by atoms with Gasteiger partial charge in [-0.2, -0.15) is 5.26 Å². The van der Waals surface area contributed by atoms with Crippen LogP contribution in [0.3, 0.4) is 0 Å². The molecule has 2 aliphatic heterocycles. The first kappa shape index (κ1) is 16.9. The van der Waals surface area contributed by atoms with Gasteiger partial charge in [-0.1, -0.05) is 36.4 Å². The van der Waals surface area contributed by atoms with E-state index in [0.717, 1.165) is 24.3 Å². The summed E-state index contributed by atoms with van der Waals surface area (Å²) < 4.78 is 32.9. The predicted octanol–water partition coefficient (Wildman–Crippen LogP) is 3.89. The monoisotopic (exact) mass is 352 g/mol. The number of hydrogen-bond donors (Lipinski definition) is 0. The Morgan fingerprint density at radius 3 is 2.62 bits per heavy atom. The molecule has 0 N–H and O–H groups in total. The summed E-state index contributed by atoms with van der Waals surface area (Å²) in [6.07, 6.45) is 2.68. The van der Waals surface area contributed by atoms with E-state index in [9.17, 15) is 14.0 Å². The van der Waals surface area contributed by atoms with Crippen molar-refractivity contribution in [3.05, 3.63) is 76.9 Å². The van der Waals surface area contributed by atoms with Crippen LogP contribution in [0.4, 0.5) is 8.78 Å². The molecule has 0 aliphatic carbocycles. The van der Waals surface area contributed by atoms with Crippen molar-refractivity contribution in [2.24, 2.45) is 0 Å². The number of halogens is 2. The van der Waals surface area contributed by atoms with Gasteiger partial charge in [0, 0.05) is 12.6 Å². The third-order valence-corrected chi connectivity index (χ3v) is 5.08. The molecule has 0 amide bonds. The number of nitriles is 1. The Morgan fingerprint density at radius 1 is 1.12 bits per heavy atom. The molecule has 1 fully saturated rings. The summed E-state index contributed by atoms with van der Waals surface area (Å²) in [6, 6.07) is 14.5. The van der Waals surface area contributed by atoms with Crippen LogP contribution in [0.5, 0.6) is 0 Å². The standard InChI is InChI=1S/C21H18F2N2O/c22-20-8-16(10-24)19(9-21(20)23)15-6-17-12-26-13-18(7-15)25(17)11-14-4-2-1-3-5-14/h1-6,8-9,17-18H,7,11-13H2. The van der Waals surface area contributed by atoms with Gasteiger partial charge in [0.1, 0.15) is 0 Å². The van der Waals surface area contributed by atoms with Gasteiger partial charge in [0.2, 0.25) is 0 Å². The highest BCUT2D eigenvalue weighted by molar-refractivity contribution is 5.72. The van der Waals surface area contributed by atoms with Crippen molar-refractivity contribution in [2.45, 2.75) is 25.0 Å². The number of morpholine rings is 1. The normalized spacial score (nSPS) is 22.6. The zero-order chi connectivity index (χ0) is 18.1. The van der Waals surface area contributed by atoms with Gasteiger partial charge >= 0.3 is 0 Å². The van der Waals surface area contributed by atoms with Gasteiger partial charge in [-0.05, 0) is 35.3 Å². The zero-order valence-electron chi connectivity index (χ0n) is 14.2. The first-order chi connectivity index (χ1) is 12.7. The highest BCUT2D eigenvalue weighted by atomic mass is 19.2. The molecule has 0 saturated carbocycles. The summed E-state index contributed by atoms with van der Waals surface area (Å²) in [5.74, 6) is -1.91. The second kappa shape index (κ2) is 6.99. The van der Waals surface area contributed by atoms with Crippen LogP contribution in [0.25, 0.3) is 5.57 Å². The molecule has 132 valence electrons. The first-order valence-electron chi connectivity index (χ1n) is 8.63. The number of nitrogens with zero attached hydrogens (tertiary/aromatic N) is 2. The summed E-state index contributed by atoms with van der Waals surface area (Å²) in [6.45, 7) is 1.96. The molecule has 2 unspecified atom stereocenters. The van der Waals surface area contributed by atoms with E-state index in [-0.39, 0.29) is 17.6 Å². The van der Waals surface area contributed by atoms with Gasteiger partial charge in [0.05, 0.1) is 30.9 Å². The van der Waals surface area contributed by atoms with E-state index in [4.69, 9.17) is 4.74 Å². The van der Waals surface area contributed by atoms with Gasteiger partial charge in [-0.25, -0.2) is 8.78 Å². The summed E-state index contributed by atoms with van der Waals surface area (Å²) >= 11 is 0. The molecule has 2 atom stereocenters. The lowest BCUT2D eigenvalue weighted by atomic mass is 9.87. The molecule has 2 aliphatic rings. The van der Waals surface area contributed by atoms with Crippen LogP contribution in [0.2, 0.25) is 0 Å². The first-order valence-corrected chi connectivity index (χ1v) is 8.63. The Kier molecular flexibility index (Phi) is 4.54. The molecule has 1 saturated heterocycles. The van der Waals surface area contributed by atoms with Crippen LogP contribution in [0.1, 0.15) is 23.1 Å². The highest BCUT2D eigenvalue weighted by Gasteiger charge is 2.35. The van der Waals surface area contributed by atoms with E-state index in [0.29, 0.717) is 25.2 Å². The minimum atomic E-state index is -0.990. The average molecular weight is 352 g/mol. The third-order valence-electron chi connectivity index (χ3n) is 5.08. The fourth-order valence-corrected chi connectivity index (χ4v) is 3.81. The van der Waals surface area contributed by atoms with Crippen molar-refractivity contribution in [3.63, 3.8) is 0 Å². The second-order valence-corrected chi connectivity index (χ2v) is 6.74. The summed E-state index contributed by atoms with van der Waals surface area (Å²) in [5, 5.41) is 9.31. The van der Waals surface area contributed by atoms with Gasteiger partial charge < -0.3 is 4.74 Å². The van der Waals surface area contributed by atoms with Crippen LogP contribution in [-0.4, -0.2) is 30.2 Å². The molecule has 0 spiro atoms. The lowest BCUT2D eigenvalue weighted by Crippen LogP contribution is -2.53. The molecule has 4 rings (SSSR count). The fraction of sp³-hybridized carbons (Fsp3) is 0.286. The van der Waals surface area contributed by atoms with Crippen molar-refractivity contribution in [1.29, 1.82) is 5.26 Å². The van der Waals surface area contributed by atoms with Crippen LogP contribution < -0.4 is 0 Å². The number of benzene rings is 2. The fourth-order valence-electron chi connectivity index (χ4n) is 3.81. The third kappa shape index (κ3) is 3.14. The Labute approximate surface area is 151 Å². The second-order valence-electron chi connectivity index (χ2n) is 6.74. The molecule has 26 heavy (non-hydrogen) atoms. The number of hydrogen-bond acceptors (Lipinski definition) is 3.